The number of nitrogens with zero attached hydrogens (tertiary/aromatic N) is 1. The van der Waals surface area contributed by atoms with Crippen LogP contribution in [0.3, 0.4) is 0 Å². The van der Waals surface area contributed by atoms with Crippen LogP contribution in [-0.2, 0) is 0 Å². The van der Waals surface area contributed by atoms with Gasteiger partial charge < -0.3 is 15.3 Å². The lowest BCUT2D eigenvalue weighted by molar-refractivity contribution is 0.113. The maximum Gasteiger partial charge on any atom is 0.0791 e. The van der Waals surface area contributed by atoms with Gasteiger partial charge in [-0.15, -0.1) is 0 Å². The molecule has 0 bridgehead atoms. The lowest BCUT2D eigenvalue weighted by Gasteiger charge is -2.23. The van der Waals surface area contributed by atoms with Crippen LogP contribution in [0.15, 0.2) is 0 Å². The molecule has 2 atom stereocenters. The average molecular weight is 242 g/mol. The van der Waals surface area contributed by atoms with Gasteiger partial charge in [0.2, 0.25) is 0 Å². The van der Waals surface area contributed by atoms with E-state index in [1.54, 1.807) is 0 Å². The highest BCUT2D eigenvalue weighted by Gasteiger charge is 2.18. The summed E-state index contributed by atoms with van der Waals surface area (Å²) in [6.07, 6.45) is 6.49. The van der Waals surface area contributed by atoms with Crippen molar-refractivity contribution in [2.45, 2.75) is 52.1 Å². The first-order valence-electron chi connectivity index (χ1n) is 7.37. The minimum absolute atomic E-state index is 0.210. The van der Waals surface area contributed by atoms with E-state index >= 15 is 0 Å². The third kappa shape index (κ3) is 6.39. The molecule has 1 aliphatic heterocycles. The number of nitrogens with one attached hydrogen (secondary N) is 1. The molecule has 1 fully saturated rings. The Kier molecular flexibility index (Phi) is 7.82. The minimum atomic E-state index is -0.210. The van der Waals surface area contributed by atoms with E-state index in [4.69, 9.17) is 0 Å². The summed E-state index contributed by atoms with van der Waals surface area (Å²) in [6.45, 7) is 9.21. The van der Waals surface area contributed by atoms with E-state index in [9.17, 15) is 5.11 Å². The summed E-state index contributed by atoms with van der Waals surface area (Å²) in [5.41, 5.74) is 0. The smallest absolute Gasteiger partial charge is 0.0791 e. The molecule has 1 rings (SSSR count). The fourth-order valence-corrected chi connectivity index (χ4v) is 2.78. The molecule has 17 heavy (non-hydrogen) atoms. The fourth-order valence-electron chi connectivity index (χ4n) is 2.78. The highest BCUT2D eigenvalue weighted by atomic mass is 16.3. The molecule has 0 radical (unpaired) electrons. The maximum atomic E-state index is 9.89. The predicted octanol–water partition coefficient (Wildman–Crippen LogP) is 1.86. The molecule has 1 heterocycles. The normalized spacial score (nSPS) is 24.5. The highest BCUT2D eigenvalue weighted by molar-refractivity contribution is 4.73. The lowest BCUT2D eigenvalue weighted by Crippen LogP contribution is -2.38. The van der Waals surface area contributed by atoms with Crippen LogP contribution in [-0.4, -0.2) is 48.8 Å². The number of β-amino-alcohol motifs (C(OH)–C–C–N with tert-alkyl or cyclic N) is 1. The Hall–Kier alpha value is -0.120. The number of hydrogen-bond donors (Lipinski definition) is 2. The van der Waals surface area contributed by atoms with Crippen LogP contribution in [0.4, 0.5) is 0 Å². The third-order valence-electron chi connectivity index (χ3n) is 3.74. The van der Waals surface area contributed by atoms with Crippen LogP contribution in [0.5, 0.6) is 0 Å². The molecule has 1 aliphatic rings. The first kappa shape index (κ1) is 14.9. The molecule has 0 aromatic carbocycles. The van der Waals surface area contributed by atoms with Gasteiger partial charge in [0, 0.05) is 13.1 Å². The topological polar surface area (TPSA) is 35.5 Å². The Balaban J connectivity index is 2.21. The summed E-state index contributed by atoms with van der Waals surface area (Å²) < 4.78 is 0. The Morgan fingerprint density at radius 2 is 2.12 bits per heavy atom. The van der Waals surface area contributed by atoms with Gasteiger partial charge >= 0.3 is 0 Å². The Bertz CT molecular complexity index is 187. The lowest BCUT2D eigenvalue weighted by atomic mass is 9.96. The summed E-state index contributed by atoms with van der Waals surface area (Å²) in [4.78, 5) is 2.44. The molecule has 102 valence electrons. The second-order valence-electron chi connectivity index (χ2n) is 5.35. The summed E-state index contributed by atoms with van der Waals surface area (Å²) in [5.74, 6) is 0.927. The molecule has 0 saturated carbocycles. The van der Waals surface area contributed by atoms with E-state index in [2.05, 4.69) is 24.1 Å². The Labute approximate surface area is 107 Å². The number of aliphatic hydroxyl groups is 1. The van der Waals surface area contributed by atoms with Crippen molar-refractivity contribution < 1.29 is 5.11 Å². The van der Waals surface area contributed by atoms with Gasteiger partial charge in [0.1, 0.15) is 0 Å². The average Bonchev–Trinajstić information content (AvgIpc) is 2.53. The zero-order chi connectivity index (χ0) is 12.5. The number of rotatable bonds is 7. The van der Waals surface area contributed by atoms with Crippen LogP contribution in [0.1, 0.15) is 46.0 Å². The Morgan fingerprint density at radius 1 is 1.29 bits per heavy atom. The van der Waals surface area contributed by atoms with Crippen LogP contribution >= 0.6 is 0 Å². The van der Waals surface area contributed by atoms with Crippen molar-refractivity contribution in [3.63, 3.8) is 0 Å². The van der Waals surface area contributed by atoms with Crippen LogP contribution in [0, 0.1) is 5.92 Å². The van der Waals surface area contributed by atoms with Crippen molar-refractivity contribution in [1.29, 1.82) is 0 Å². The molecular weight excluding hydrogens is 212 g/mol. The molecule has 0 aromatic rings. The van der Waals surface area contributed by atoms with Crippen LogP contribution in [0.25, 0.3) is 0 Å². The third-order valence-corrected chi connectivity index (χ3v) is 3.74. The molecule has 1 saturated heterocycles. The van der Waals surface area contributed by atoms with Gasteiger partial charge in [0.25, 0.3) is 0 Å². The largest absolute Gasteiger partial charge is 0.390 e. The number of aliphatic hydroxyl groups excluding tert-OH is 1. The van der Waals surface area contributed by atoms with E-state index < -0.39 is 0 Å². The SMILES string of the molecule is CCCC1CCCN(CC(O)CNCC)CC1. The van der Waals surface area contributed by atoms with Gasteiger partial charge in [0.15, 0.2) is 0 Å². The van der Waals surface area contributed by atoms with Crippen molar-refractivity contribution in [1.82, 2.24) is 10.2 Å². The van der Waals surface area contributed by atoms with E-state index in [0.717, 1.165) is 25.6 Å². The number of hydrogen-bond acceptors (Lipinski definition) is 3. The van der Waals surface area contributed by atoms with Gasteiger partial charge in [-0.1, -0.05) is 26.7 Å². The maximum absolute atomic E-state index is 9.89. The van der Waals surface area contributed by atoms with Crippen LogP contribution < -0.4 is 5.32 Å². The molecule has 2 unspecified atom stereocenters. The zero-order valence-corrected chi connectivity index (χ0v) is 11.6. The van der Waals surface area contributed by atoms with Crippen molar-refractivity contribution in [2.75, 3.05) is 32.7 Å². The summed E-state index contributed by atoms with van der Waals surface area (Å²) in [7, 11) is 0. The summed E-state index contributed by atoms with van der Waals surface area (Å²) >= 11 is 0. The summed E-state index contributed by atoms with van der Waals surface area (Å²) in [5, 5.41) is 13.1. The first-order chi connectivity index (χ1) is 8.26. The summed E-state index contributed by atoms with van der Waals surface area (Å²) in [6, 6.07) is 0. The second-order valence-corrected chi connectivity index (χ2v) is 5.35. The molecule has 0 aromatic heterocycles. The zero-order valence-electron chi connectivity index (χ0n) is 11.6. The van der Waals surface area contributed by atoms with Crippen molar-refractivity contribution in [3.05, 3.63) is 0 Å². The van der Waals surface area contributed by atoms with Gasteiger partial charge in [-0.3, -0.25) is 0 Å². The van der Waals surface area contributed by atoms with Gasteiger partial charge in [-0.25, -0.2) is 0 Å². The molecular formula is C14H30N2O. The first-order valence-corrected chi connectivity index (χ1v) is 7.37. The van der Waals surface area contributed by atoms with Gasteiger partial charge in [-0.05, 0) is 44.8 Å². The standard InChI is InChI=1S/C14H30N2O/c1-3-6-13-7-5-9-16(10-8-13)12-14(17)11-15-4-2/h13-15,17H,3-12H2,1-2H3. The second kappa shape index (κ2) is 8.90. The van der Waals surface area contributed by atoms with Crippen LogP contribution in [0.2, 0.25) is 0 Å². The molecule has 2 N–H and O–H groups in total. The van der Waals surface area contributed by atoms with Crippen molar-refractivity contribution >= 4 is 0 Å². The van der Waals surface area contributed by atoms with Gasteiger partial charge in [-0.2, -0.15) is 0 Å². The van der Waals surface area contributed by atoms with E-state index in [1.165, 1.54) is 45.2 Å². The monoisotopic (exact) mass is 242 g/mol. The molecule has 0 spiro atoms. The molecule has 3 heteroatoms. The number of likely N-dealkylation sites (N-methyl/N-ethyl adjacent to an activating group) is 1. The highest BCUT2D eigenvalue weighted by Crippen LogP contribution is 2.21. The Morgan fingerprint density at radius 3 is 2.82 bits per heavy atom. The predicted molar refractivity (Wildman–Crippen MR) is 73.2 cm³/mol. The van der Waals surface area contributed by atoms with Gasteiger partial charge in [0.05, 0.1) is 6.10 Å². The quantitative estimate of drug-likeness (QED) is 0.715. The van der Waals surface area contributed by atoms with Crippen molar-refractivity contribution in [2.24, 2.45) is 5.92 Å². The molecule has 0 aliphatic carbocycles. The molecule has 0 amide bonds. The number of likely N-dealkylation sites (tertiary alicyclic amines) is 1. The molecule has 3 nitrogen and oxygen atoms in total. The van der Waals surface area contributed by atoms with E-state index in [-0.39, 0.29) is 6.10 Å². The van der Waals surface area contributed by atoms with E-state index in [1.807, 2.05) is 0 Å². The van der Waals surface area contributed by atoms with E-state index in [0.29, 0.717) is 0 Å². The fraction of sp³-hybridized carbons (Fsp3) is 1.00. The van der Waals surface area contributed by atoms with Crippen molar-refractivity contribution in [3.8, 4) is 0 Å². The minimum Gasteiger partial charge on any atom is -0.390 e.